The lowest BCUT2D eigenvalue weighted by molar-refractivity contribution is -0.271. The summed E-state index contributed by atoms with van der Waals surface area (Å²) >= 11 is 0. The maximum Gasteiger partial charge on any atom is 0.355 e. The van der Waals surface area contributed by atoms with Crippen molar-refractivity contribution in [3.05, 3.63) is 96.2 Å². The average Bonchev–Trinajstić information content (AvgIpc) is 3.44. The first kappa shape index (κ1) is 29.0. The van der Waals surface area contributed by atoms with Crippen molar-refractivity contribution in [2.75, 3.05) is 26.4 Å². The van der Waals surface area contributed by atoms with E-state index in [9.17, 15) is 19.5 Å². The number of ether oxygens (including phenoxy) is 2. The molecule has 218 valence electrons. The van der Waals surface area contributed by atoms with E-state index in [1.807, 2.05) is 49.4 Å². The van der Waals surface area contributed by atoms with E-state index in [2.05, 4.69) is 13.2 Å². The van der Waals surface area contributed by atoms with Crippen LogP contribution in [-0.2, 0) is 28.9 Å². The molecule has 2 heterocycles. The number of carbonyl (C=O) groups is 3. The van der Waals surface area contributed by atoms with Crippen LogP contribution in [0.4, 0.5) is 0 Å². The quantitative estimate of drug-likeness (QED) is 0.0859. The molecule has 3 unspecified atom stereocenters. The van der Waals surface area contributed by atoms with Gasteiger partial charge in [0, 0.05) is 17.1 Å². The third kappa shape index (κ3) is 4.84. The van der Waals surface area contributed by atoms with Crippen molar-refractivity contribution in [3.63, 3.8) is 0 Å². The SMILES string of the molecule is C=CCOOC(=O)C(C)C1C(=O)N2C(C(=O)OCC=C)=C(COc3cccc4c3-c3ccccc3/C4=C/CO)[C@H](C)C12. The highest BCUT2D eigenvalue weighted by Gasteiger charge is 2.61. The van der Waals surface area contributed by atoms with Crippen LogP contribution in [-0.4, -0.2) is 60.3 Å². The molecule has 9 heteroatoms. The van der Waals surface area contributed by atoms with E-state index in [1.54, 1.807) is 13.0 Å². The number of rotatable bonds is 12. The Kier molecular flexibility index (Phi) is 8.42. The number of β-lactam (4-membered cyclic amide) rings is 1. The molecule has 0 radical (unpaired) electrons. The van der Waals surface area contributed by atoms with Crippen LogP contribution in [0.1, 0.15) is 25.0 Å². The number of fused-ring (bicyclic) bond motifs is 4. The molecule has 2 aromatic carbocycles. The van der Waals surface area contributed by atoms with Crippen molar-refractivity contribution < 1.29 is 38.7 Å². The van der Waals surface area contributed by atoms with Crippen LogP contribution in [0, 0.1) is 17.8 Å². The van der Waals surface area contributed by atoms with Crippen LogP contribution in [0.3, 0.4) is 0 Å². The Bertz CT molecular complexity index is 1510. The molecule has 0 aromatic heterocycles. The zero-order valence-electron chi connectivity index (χ0n) is 23.6. The molecule has 9 nitrogen and oxygen atoms in total. The second-order valence-electron chi connectivity index (χ2n) is 10.4. The second kappa shape index (κ2) is 12.2. The summed E-state index contributed by atoms with van der Waals surface area (Å²) in [5, 5.41) is 9.66. The third-order valence-corrected chi connectivity index (χ3v) is 8.04. The fourth-order valence-corrected chi connectivity index (χ4v) is 6.11. The summed E-state index contributed by atoms with van der Waals surface area (Å²) in [4.78, 5) is 50.3. The number of nitrogens with zero attached hydrogens (tertiary/aromatic N) is 1. The summed E-state index contributed by atoms with van der Waals surface area (Å²) in [5.74, 6) is -2.91. The number of esters is 1. The van der Waals surface area contributed by atoms with E-state index in [4.69, 9.17) is 19.2 Å². The van der Waals surface area contributed by atoms with Gasteiger partial charge in [0.1, 0.15) is 31.3 Å². The Morgan fingerprint density at radius 1 is 1.05 bits per heavy atom. The van der Waals surface area contributed by atoms with Crippen LogP contribution in [0.2, 0.25) is 0 Å². The van der Waals surface area contributed by atoms with Crippen molar-refractivity contribution >= 4 is 23.4 Å². The molecule has 1 fully saturated rings. The largest absolute Gasteiger partial charge is 0.488 e. The van der Waals surface area contributed by atoms with Crippen molar-refractivity contribution in [1.29, 1.82) is 0 Å². The number of amides is 1. The molecule has 1 amide bonds. The Morgan fingerprint density at radius 2 is 1.76 bits per heavy atom. The van der Waals surface area contributed by atoms with E-state index in [1.165, 1.54) is 17.1 Å². The second-order valence-corrected chi connectivity index (χ2v) is 10.4. The molecule has 0 saturated carbocycles. The Labute approximate surface area is 244 Å². The van der Waals surface area contributed by atoms with Crippen molar-refractivity contribution in [1.82, 2.24) is 4.90 Å². The highest BCUT2D eigenvalue weighted by atomic mass is 17.2. The Morgan fingerprint density at radius 3 is 2.48 bits per heavy atom. The number of aliphatic hydroxyl groups is 1. The molecular formula is C33H33NO8. The van der Waals surface area contributed by atoms with Gasteiger partial charge in [-0.25, -0.2) is 9.59 Å². The zero-order chi connectivity index (χ0) is 30.0. The maximum atomic E-state index is 13.4. The topological polar surface area (TPSA) is 112 Å². The van der Waals surface area contributed by atoms with Gasteiger partial charge >= 0.3 is 11.9 Å². The zero-order valence-corrected chi connectivity index (χ0v) is 23.6. The first-order valence-electron chi connectivity index (χ1n) is 13.8. The highest BCUT2D eigenvalue weighted by molar-refractivity contribution is 6.04. The van der Waals surface area contributed by atoms with Crippen molar-refractivity contribution in [2.45, 2.75) is 19.9 Å². The van der Waals surface area contributed by atoms with Crippen LogP contribution in [0.25, 0.3) is 16.7 Å². The van der Waals surface area contributed by atoms with Gasteiger partial charge in [0.05, 0.1) is 24.5 Å². The van der Waals surface area contributed by atoms with E-state index >= 15 is 0 Å². The minimum Gasteiger partial charge on any atom is -0.488 e. The first-order valence-corrected chi connectivity index (χ1v) is 13.8. The van der Waals surface area contributed by atoms with Gasteiger partial charge in [-0.1, -0.05) is 75.1 Å². The molecular weight excluding hydrogens is 538 g/mol. The predicted octanol–water partition coefficient (Wildman–Crippen LogP) is 4.23. The molecule has 2 aliphatic heterocycles. The standard InChI is InChI=1S/C33H33NO8/c1-5-16-39-33(38)30-25(19(3)29-27(31(36)34(29)30)20(4)32(37)42-41-17-6-2)18-40-26-13-9-12-24-22(14-15-35)21-10-7-8-11-23(21)28(24)26/h5-14,19-20,27,29,35H,1-2,15-18H2,3-4H3/b22-14-/t19-,20?,27?,29?/m0/s1. The van der Waals surface area contributed by atoms with Gasteiger partial charge in [-0.15, -0.1) is 6.58 Å². The maximum absolute atomic E-state index is 13.4. The summed E-state index contributed by atoms with van der Waals surface area (Å²) in [6, 6.07) is 13.2. The molecule has 1 saturated heterocycles. The van der Waals surface area contributed by atoms with Crippen LogP contribution < -0.4 is 4.74 Å². The molecule has 1 N–H and O–H groups in total. The van der Waals surface area contributed by atoms with E-state index in [0.717, 1.165) is 27.8 Å². The normalized spacial score (nSPS) is 21.7. The Hall–Kier alpha value is -4.47. The molecule has 1 aliphatic carbocycles. The first-order chi connectivity index (χ1) is 20.3. The van der Waals surface area contributed by atoms with Crippen LogP contribution in [0.15, 0.2) is 85.1 Å². The summed E-state index contributed by atoms with van der Waals surface area (Å²) in [6.45, 7) is 10.5. The van der Waals surface area contributed by atoms with E-state index < -0.39 is 29.8 Å². The highest BCUT2D eigenvalue weighted by Crippen LogP contribution is 2.51. The minimum absolute atomic E-state index is 0.0195. The summed E-state index contributed by atoms with van der Waals surface area (Å²) in [7, 11) is 0. The lowest BCUT2D eigenvalue weighted by atomic mass is 9.74. The molecule has 5 rings (SSSR count). The smallest absolute Gasteiger partial charge is 0.355 e. The van der Waals surface area contributed by atoms with Crippen LogP contribution >= 0.6 is 0 Å². The lowest BCUT2D eigenvalue weighted by Gasteiger charge is -2.47. The number of hydrogen-bond acceptors (Lipinski definition) is 8. The summed E-state index contributed by atoms with van der Waals surface area (Å²) in [6.07, 6.45) is 4.67. The minimum atomic E-state index is -0.803. The molecule has 42 heavy (non-hydrogen) atoms. The monoisotopic (exact) mass is 571 g/mol. The third-order valence-electron chi connectivity index (χ3n) is 8.04. The number of carbonyl (C=O) groups excluding carboxylic acids is 3. The molecule has 3 aliphatic rings. The van der Waals surface area contributed by atoms with Crippen LogP contribution in [0.5, 0.6) is 5.75 Å². The fraction of sp³-hybridized carbons (Fsp3) is 0.303. The molecule has 4 atom stereocenters. The van der Waals surface area contributed by atoms with Gasteiger partial charge in [0.2, 0.25) is 5.91 Å². The van der Waals surface area contributed by atoms with Crippen molar-refractivity contribution in [3.8, 4) is 16.9 Å². The predicted molar refractivity (Wildman–Crippen MR) is 154 cm³/mol. The number of hydrogen-bond donors (Lipinski definition) is 1. The fourth-order valence-electron chi connectivity index (χ4n) is 6.11. The summed E-state index contributed by atoms with van der Waals surface area (Å²) in [5.41, 5.74) is 5.46. The Balaban J connectivity index is 1.45. The number of benzene rings is 2. The van der Waals surface area contributed by atoms with Gasteiger partial charge in [0.15, 0.2) is 0 Å². The summed E-state index contributed by atoms with van der Waals surface area (Å²) < 4.78 is 11.8. The molecule has 2 aromatic rings. The lowest BCUT2D eigenvalue weighted by Crippen LogP contribution is -2.63. The van der Waals surface area contributed by atoms with Gasteiger partial charge < -0.3 is 19.5 Å². The van der Waals surface area contributed by atoms with Gasteiger partial charge in [-0.2, -0.15) is 4.89 Å². The van der Waals surface area contributed by atoms with E-state index in [0.29, 0.717) is 11.3 Å². The van der Waals surface area contributed by atoms with Crippen molar-refractivity contribution in [2.24, 2.45) is 17.8 Å². The van der Waals surface area contributed by atoms with Gasteiger partial charge in [0.25, 0.3) is 0 Å². The average molecular weight is 572 g/mol. The molecule has 0 bridgehead atoms. The van der Waals surface area contributed by atoms with Gasteiger partial charge in [-0.3, -0.25) is 9.68 Å². The number of aliphatic hydroxyl groups excluding tert-OH is 1. The van der Waals surface area contributed by atoms with E-state index in [-0.39, 0.29) is 43.9 Å². The van der Waals surface area contributed by atoms with Gasteiger partial charge in [-0.05, 0) is 28.3 Å². The molecule has 0 spiro atoms.